The van der Waals surface area contributed by atoms with Crippen molar-refractivity contribution in [3.63, 3.8) is 0 Å². The molecular formula is C15H18N2O. The maximum absolute atomic E-state index is 12.2. The van der Waals surface area contributed by atoms with Crippen molar-refractivity contribution in [1.29, 1.82) is 0 Å². The smallest absolute Gasteiger partial charge is 0.227 e. The van der Waals surface area contributed by atoms with Crippen LogP contribution in [-0.2, 0) is 18.3 Å². The van der Waals surface area contributed by atoms with Crippen molar-refractivity contribution in [3.8, 4) is 0 Å². The first-order valence-corrected chi connectivity index (χ1v) is 6.56. The molecule has 1 aromatic heterocycles. The van der Waals surface area contributed by atoms with E-state index in [1.807, 2.05) is 24.1 Å². The molecule has 94 valence electrons. The fourth-order valence-corrected chi connectivity index (χ4v) is 2.81. The normalized spacial score (nSPS) is 15.5. The average molecular weight is 242 g/mol. The van der Waals surface area contributed by atoms with E-state index in [1.165, 1.54) is 10.9 Å². The Morgan fingerprint density at radius 3 is 2.72 bits per heavy atom. The number of carbonyl (C=O) groups is 1. The van der Waals surface area contributed by atoms with Gasteiger partial charge in [-0.2, -0.15) is 0 Å². The van der Waals surface area contributed by atoms with E-state index < -0.39 is 0 Å². The Balaban J connectivity index is 1.88. The van der Waals surface area contributed by atoms with Gasteiger partial charge in [0, 0.05) is 37.2 Å². The number of carbonyl (C=O) groups excluding carboxylic acids is 1. The van der Waals surface area contributed by atoms with Gasteiger partial charge in [-0.3, -0.25) is 4.79 Å². The molecule has 1 saturated heterocycles. The van der Waals surface area contributed by atoms with Crippen LogP contribution in [0.3, 0.4) is 0 Å². The van der Waals surface area contributed by atoms with Crippen molar-refractivity contribution in [2.24, 2.45) is 7.05 Å². The molecule has 0 radical (unpaired) electrons. The van der Waals surface area contributed by atoms with Gasteiger partial charge < -0.3 is 9.47 Å². The van der Waals surface area contributed by atoms with Crippen LogP contribution in [0.1, 0.15) is 18.4 Å². The monoisotopic (exact) mass is 242 g/mol. The third kappa shape index (κ3) is 1.90. The molecule has 3 rings (SSSR count). The second-order valence-electron chi connectivity index (χ2n) is 5.05. The SMILES string of the molecule is Cn1cc(CC(=O)N2CCCC2)c2ccccc21. The van der Waals surface area contributed by atoms with Gasteiger partial charge in [0.25, 0.3) is 0 Å². The summed E-state index contributed by atoms with van der Waals surface area (Å²) in [6, 6.07) is 8.27. The summed E-state index contributed by atoms with van der Waals surface area (Å²) < 4.78 is 2.10. The van der Waals surface area contributed by atoms with E-state index in [0.29, 0.717) is 6.42 Å². The largest absolute Gasteiger partial charge is 0.350 e. The number of nitrogens with zero attached hydrogens (tertiary/aromatic N) is 2. The highest BCUT2D eigenvalue weighted by atomic mass is 16.2. The second kappa shape index (κ2) is 4.48. The Morgan fingerprint density at radius 1 is 1.22 bits per heavy atom. The van der Waals surface area contributed by atoms with Crippen LogP contribution < -0.4 is 0 Å². The van der Waals surface area contributed by atoms with E-state index in [2.05, 4.69) is 22.9 Å². The number of hydrogen-bond acceptors (Lipinski definition) is 1. The fourth-order valence-electron chi connectivity index (χ4n) is 2.81. The summed E-state index contributed by atoms with van der Waals surface area (Å²) in [6.45, 7) is 1.87. The molecule has 0 N–H and O–H groups in total. The molecule has 0 unspecified atom stereocenters. The third-order valence-corrected chi connectivity index (χ3v) is 3.78. The van der Waals surface area contributed by atoms with Crippen LogP contribution >= 0.6 is 0 Å². The fraction of sp³-hybridized carbons (Fsp3) is 0.400. The molecule has 0 spiro atoms. The van der Waals surface area contributed by atoms with E-state index in [-0.39, 0.29) is 5.91 Å². The molecule has 1 aliphatic heterocycles. The molecule has 2 aromatic rings. The lowest BCUT2D eigenvalue weighted by molar-refractivity contribution is -0.129. The van der Waals surface area contributed by atoms with E-state index in [0.717, 1.165) is 31.5 Å². The van der Waals surface area contributed by atoms with Gasteiger partial charge in [-0.15, -0.1) is 0 Å². The summed E-state index contributed by atoms with van der Waals surface area (Å²) in [5.41, 5.74) is 2.34. The highest BCUT2D eigenvalue weighted by molar-refractivity contribution is 5.89. The van der Waals surface area contributed by atoms with Crippen molar-refractivity contribution >= 4 is 16.8 Å². The first-order valence-electron chi connectivity index (χ1n) is 6.56. The number of fused-ring (bicyclic) bond motifs is 1. The predicted molar refractivity (Wildman–Crippen MR) is 72.4 cm³/mol. The summed E-state index contributed by atoms with van der Waals surface area (Å²) >= 11 is 0. The summed E-state index contributed by atoms with van der Waals surface area (Å²) in [5, 5.41) is 1.20. The van der Waals surface area contributed by atoms with Crippen LogP contribution in [0.15, 0.2) is 30.5 Å². The summed E-state index contributed by atoms with van der Waals surface area (Å²) in [4.78, 5) is 14.2. The molecule has 0 bridgehead atoms. The molecule has 18 heavy (non-hydrogen) atoms. The number of hydrogen-bond donors (Lipinski definition) is 0. The van der Waals surface area contributed by atoms with Crippen molar-refractivity contribution in [2.75, 3.05) is 13.1 Å². The van der Waals surface area contributed by atoms with Gasteiger partial charge in [0.2, 0.25) is 5.91 Å². The zero-order valence-corrected chi connectivity index (χ0v) is 10.7. The van der Waals surface area contributed by atoms with Crippen molar-refractivity contribution in [1.82, 2.24) is 9.47 Å². The zero-order chi connectivity index (χ0) is 12.5. The van der Waals surface area contributed by atoms with Crippen LogP contribution in [0.2, 0.25) is 0 Å². The molecule has 1 aliphatic rings. The number of likely N-dealkylation sites (tertiary alicyclic amines) is 1. The van der Waals surface area contributed by atoms with Crippen molar-refractivity contribution < 1.29 is 4.79 Å². The molecule has 1 aromatic carbocycles. The Bertz CT molecular complexity index is 579. The summed E-state index contributed by atoms with van der Waals surface area (Å²) in [7, 11) is 2.03. The first-order chi connectivity index (χ1) is 8.75. The maximum Gasteiger partial charge on any atom is 0.227 e. The maximum atomic E-state index is 12.2. The van der Waals surface area contributed by atoms with Gasteiger partial charge in [-0.1, -0.05) is 18.2 Å². The number of amides is 1. The van der Waals surface area contributed by atoms with Gasteiger partial charge in [0.05, 0.1) is 6.42 Å². The van der Waals surface area contributed by atoms with Crippen LogP contribution in [0, 0.1) is 0 Å². The number of aryl methyl sites for hydroxylation is 1. The molecule has 1 fully saturated rings. The van der Waals surface area contributed by atoms with Gasteiger partial charge in [0.1, 0.15) is 0 Å². The molecule has 0 aliphatic carbocycles. The van der Waals surface area contributed by atoms with E-state index in [1.54, 1.807) is 0 Å². The highest BCUT2D eigenvalue weighted by Crippen LogP contribution is 2.21. The standard InChI is InChI=1S/C15H18N2O/c1-16-11-12(13-6-2-3-7-14(13)16)10-15(18)17-8-4-5-9-17/h2-3,6-7,11H,4-5,8-10H2,1H3. The lowest BCUT2D eigenvalue weighted by Crippen LogP contribution is -2.28. The molecule has 3 heteroatoms. The Hall–Kier alpha value is -1.77. The van der Waals surface area contributed by atoms with E-state index in [9.17, 15) is 4.79 Å². The minimum absolute atomic E-state index is 0.267. The number of aromatic nitrogens is 1. The quantitative estimate of drug-likeness (QED) is 0.793. The van der Waals surface area contributed by atoms with Gasteiger partial charge in [-0.25, -0.2) is 0 Å². The molecule has 0 saturated carbocycles. The molecule has 2 heterocycles. The zero-order valence-electron chi connectivity index (χ0n) is 10.7. The Kier molecular flexibility index (Phi) is 2.82. The second-order valence-corrected chi connectivity index (χ2v) is 5.05. The lowest BCUT2D eigenvalue weighted by Gasteiger charge is -2.14. The predicted octanol–water partition coefficient (Wildman–Crippen LogP) is 2.34. The number of rotatable bonds is 2. The Morgan fingerprint density at radius 2 is 1.94 bits per heavy atom. The van der Waals surface area contributed by atoms with Crippen LogP contribution in [0.25, 0.3) is 10.9 Å². The van der Waals surface area contributed by atoms with Crippen molar-refractivity contribution in [3.05, 3.63) is 36.0 Å². The summed E-state index contributed by atoms with van der Waals surface area (Å²) in [6.07, 6.45) is 4.92. The van der Waals surface area contributed by atoms with Crippen LogP contribution in [-0.4, -0.2) is 28.5 Å². The van der Waals surface area contributed by atoms with Crippen molar-refractivity contribution in [2.45, 2.75) is 19.3 Å². The third-order valence-electron chi connectivity index (χ3n) is 3.78. The van der Waals surface area contributed by atoms with Crippen LogP contribution in [0.5, 0.6) is 0 Å². The van der Waals surface area contributed by atoms with E-state index >= 15 is 0 Å². The molecular weight excluding hydrogens is 224 g/mol. The van der Waals surface area contributed by atoms with E-state index in [4.69, 9.17) is 0 Å². The number of benzene rings is 1. The van der Waals surface area contributed by atoms with Gasteiger partial charge in [-0.05, 0) is 24.5 Å². The highest BCUT2D eigenvalue weighted by Gasteiger charge is 2.19. The van der Waals surface area contributed by atoms with Gasteiger partial charge in [0.15, 0.2) is 0 Å². The minimum atomic E-state index is 0.267. The molecule has 0 atom stereocenters. The molecule has 3 nitrogen and oxygen atoms in total. The topological polar surface area (TPSA) is 25.2 Å². The Labute approximate surface area is 107 Å². The first kappa shape index (κ1) is 11.3. The summed E-state index contributed by atoms with van der Waals surface area (Å²) in [5.74, 6) is 0.267. The average Bonchev–Trinajstić information content (AvgIpc) is 3.00. The van der Waals surface area contributed by atoms with Gasteiger partial charge >= 0.3 is 0 Å². The van der Waals surface area contributed by atoms with Crippen LogP contribution in [0.4, 0.5) is 0 Å². The molecule has 1 amide bonds. The minimum Gasteiger partial charge on any atom is -0.350 e. The lowest BCUT2D eigenvalue weighted by atomic mass is 10.1. The number of para-hydroxylation sites is 1.